The molecule has 3 aromatic rings. The first-order valence-electron chi connectivity index (χ1n) is 6.30. The van der Waals surface area contributed by atoms with Crippen LogP contribution in [-0.4, -0.2) is 17.1 Å². The second kappa shape index (κ2) is 5.52. The van der Waals surface area contributed by atoms with Crippen LogP contribution in [0.4, 0.5) is 5.95 Å². The van der Waals surface area contributed by atoms with E-state index < -0.39 is 0 Å². The van der Waals surface area contributed by atoms with Gasteiger partial charge in [-0.05, 0) is 29.8 Å². The Balaban J connectivity index is 1.73. The molecule has 0 aliphatic heterocycles. The summed E-state index contributed by atoms with van der Waals surface area (Å²) in [6, 6.07) is 15.6. The number of hydrogen-bond donors (Lipinski definition) is 1. The van der Waals surface area contributed by atoms with Crippen LogP contribution >= 0.6 is 0 Å². The first kappa shape index (κ1) is 12.3. The van der Waals surface area contributed by atoms with Crippen molar-refractivity contribution < 1.29 is 4.74 Å². The molecule has 1 heterocycles. The van der Waals surface area contributed by atoms with Gasteiger partial charge in [-0.1, -0.05) is 24.3 Å². The molecule has 0 bridgehead atoms. The molecule has 0 spiro atoms. The number of nitrogens with zero attached hydrogens (tertiary/aromatic N) is 3. The van der Waals surface area contributed by atoms with Crippen molar-refractivity contribution in [1.82, 2.24) is 9.97 Å². The number of imidazole rings is 1. The molecule has 0 saturated heterocycles. The van der Waals surface area contributed by atoms with Gasteiger partial charge in [0.25, 0.3) is 0 Å². The van der Waals surface area contributed by atoms with Gasteiger partial charge in [0.05, 0.1) is 24.7 Å². The average molecular weight is 266 g/mol. The van der Waals surface area contributed by atoms with Crippen molar-refractivity contribution in [2.75, 3.05) is 7.11 Å². The molecule has 0 saturated carbocycles. The third-order valence-electron chi connectivity index (χ3n) is 2.93. The number of nitrogens with one attached hydrogen (secondary N) is 1. The van der Waals surface area contributed by atoms with Crippen molar-refractivity contribution in [2.24, 2.45) is 10.2 Å². The van der Waals surface area contributed by atoms with Gasteiger partial charge in [-0.2, -0.15) is 5.11 Å². The summed E-state index contributed by atoms with van der Waals surface area (Å²) in [6.07, 6.45) is 0. The summed E-state index contributed by atoms with van der Waals surface area (Å²) in [7, 11) is 1.65. The predicted octanol–water partition coefficient (Wildman–Crippen LogP) is 3.86. The van der Waals surface area contributed by atoms with Gasteiger partial charge in [-0.25, -0.2) is 4.98 Å². The maximum absolute atomic E-state index is 5.17. The Morgan fingerprint density at radius 3 is 2.90 bits per heavy atom. The minimum atomic E-state index is 0.494. The van der Waals surface area contributed by atoms with Crippen LogP contribution in [0.3, 0.4) is 0 Å². The van der Waals surface area contributed by atoms with E-state index in [4.69, 9.17) is 4.74 Å². The molecule has 0 fully saturated rings. The first-order valence-corrected chi connectivity index (χ1v) is 6.30. The molecule has 0 aliphatic carbocycles. The number of azo groups is 1. The highest BCUT2D eigenvalue weighted by molar-refractivity contribution is 5.76. The summed E-state index contributed by atoms with van der Waals surface area (Å²) in [5.41, 5.74) is 2.90. The summed E-state index contributed by atoms with van der Waals surface area (Å²) in [4.78, 5) is 7.45. The number of benzene rings is 2. The van der Waals surface area contributed by atoms with Crippen LogP contribution in [-0.2, 0) is 6.54 Å². The highest BCUT2D eigenvalue weighted by atomic mass is 16.5. The predicted molar refractivity (Wildman–Crippen MR) is 77.3 cm³/mol. The zero-order valence-corrected chi connectivity index (χ0v) is 11.1. The van der Waals surface area contributed by atoms with Crippen LogP contribution < -0.4 is 4.74 Å². The molecule has 0 unspecified atom stereocenters. The Morgan fingerprint density at radius 1 is 1.15 bits per heavy atom. The molecule has 0 amide bonds. The number of methoxy groups -OCH3 is 1. The van der Waals surface area contributed by atoms with Crippen molar-refractivity contribution in [3.63, 3.8) is 0 Å². The van der Waals surface area contributed by atoms with E-state index in [1.807, 2.05) is 48.5 Å². The summed E-state index contributed by atoms with van der Waals surface area (Å²) < 4.78 is 5.17. The minimum Gasteiger partial charge on any atom is -0.497 e. The number of hydrogen-bond acceptors (Lipinski definition) is 4. The number of aromatic amines is 1. The fourth-order valence-electron chi connectivity index (χ4n) is 1.94. The van der Waals surface area contributed by atoms with Crippen LogP contribution in [0.25, 0.3) is 11.0 Å². The maximum atomic E-state index is 5.17. The molecule has 5 heteroatoms. The summed E-state index contributed by atoms with van der Waals surface area (Å²) >= 11 is 0. The van der Waals surface area contributed by atoms with Crippen LogP contribution in [0.1, 0.15) is 5.56 Å². The van der Waals surface area contributed by atoms with Crippen molar-refractivity contribution in [3.8, 4) is 5.75 Å². The van der Waals surface area contributed by atoms with Crippen LogP contribution in [0.2, 0.25) is 0 Å². The smallest absolute Gasteiger partial charge is 0.247 e. The van der Waals surface area contributed by atoms with E-state index in [9.17, 15) is 0 Å². The van der Waals surface area contributed by atoms with Gasteiger partial charge in [0, 0.05) is 0 Å². The van der Waals surface area contributed by atoms with Gasteiger partial charge in [-0.3, -0.25) is 0 Å². The van der Waals surface area contributed by atoms with Crippen LogP contribution in [0, 0.1) is 0 Å². The third-order valence-corrected chi connectivity index (χ3v) is 2.93. The molecule has 1 aromatic heterocycles. The molecule has 0 atom stereocenters. The number of fused-ring (bicyclic) bond motifs is 1. The quantitative estimate of drug-likeness (QED) is 0.729. The SMILES string of the molecule is COc1cccc(CN=Nc2nc3ccccc3[nH]2)c1. The maximum Gasteiger partial charge on any atom is 0.247 e. The van der Waals surface area contributed by atoms with Crippen LogP contribution in [0.5, 0.6) is 5.75 Å². The Morgan fingerprint density at radius 2 is 2.05 bits per heavy atom. The fourth-order valence-corrected chi connectivity index (χ4v) is 1.94. The second-order valence-corrected chi connectivity index (χ2v) is 4.33. The van der Waals surface area contributed by atoms with E-state index in [1.54, 1.807) is 7.11 Å². The average Bonchev–Trinajstić information content (AvgIpc) is 2.90. The molecule has 20 heavy (non-hydrogen) atoms. The lowest BCUT2D eigenvalue weighted by Crippen LogP contribution is -1.85. The zero-order valence-electron chi connectivity index (χ0n) is 11.1. The van der Waals surface area contributed by atoms with E-state index in [0.29, 0.717) is 12.5 Å². The Kier molecular flexibility index (Phi) is 3.41. The second-order valence-electron chi connectivity index (χ2n) is 4.33. The highest BCUT2D eigenvalue weighted by Gasteiger charge is 2.00. The van der Waals surface area contributed by atoms with Crippen molar-refractivity contribution >= 4 is 17.0 Å². The largest absolute Gasteiger partial charge is 0.497 e. The van der Waals surface area contributed by atoms with E-state index >= 15 is 0 Å². The lowest BCUT2D eigenvalue weighted by molar-refractivity contribution is 0.414. The van der Waals surface area contributed by atoms with Crippen molar-refractivity contribution in [1.29, 1.82) is 0 Å². The summed E-state index contributed by atoms with van der Waals surface area (Å²) in [6.45, 7) is 0.494. The molecule has 3 rings (SSSR count). The van der Waals surface area contributed by atoms with Crippen LogP contribution in [0.15, 0.2) is 58.8 Å². The van der Waals surface area contributed by atoms with Gasteiger partial charge >= 0.3 is 0 Å². The van der Waals surface area contributed by atoms with Gasteiger partial charge in [0.2, 0.25) is 5.95 Å². The molecular weight excluding hydrogens is 252 g/mol. The molecule has 100 valence electrons. The van der Waals surface area contributed by atoms with Gasteiger partial charge < -0.3 is 9.72 Å². The Bertz CT molecular complexity index is 715. The molecule has 1 N–H and O–H groups in total. The van der Waals surface area contributed by atoms with E-state index in [-0.39, 0.29) is 0 Å². The van der Waals surface area contributed by atoms with Gasteiger partial charge in [-0.15, -0.1) is 5.11 Å². The number of ether oxygens (including phenoxy) is 1. The molecule has 0 aliphatic rings. The molecule has 0 radical (unpaired) electrons. The molecule has 5 nitrogen and oxygen atoms in total. The topological polar surface area (TPSA) is 62.6 Å². The lowest BCUT2D eigenvalue weighted by atomic mass is 10.2. The standard InChI is InChI=1S/C15H14N4O/c1-20-12-6-4-5-11(9-12)10-16-19-15-17-13-7-2-3-8-14(13)18-15/h2-9H,10H2,1H3,(H,17,18). The first-order chi connectivity index (χ1) is 9.85. The zero-order chi connectivity index (χ0) is 13.8. The Labute approximate surface area is 116 Å². The lowest BCUT2D eigenvalue weighted by Gasteiger charge is -2.00. The number of rotatable bonds is 4. The van der Waals surface area contributed by atoms with Gasteiger partial charge in [0.1, 0.15) is 5.75 Å². The number of H-pyrrole nitrogens is 1. The van der Waals surface area contributed by atoms with E-state index in [0.717, 1.165) is 22.3 Å². The Hall–Kier alpha value is -2.69. The van der Waals surface area contributed by atoms with Crippen molar-refractivity contribution in [2.45, 2.75) is 6.54 Å². The monoisotopic (exact) mass is 266 g/mol. The third kappa shape index (κ3) is 2.66. The van der Waals surface area contributed by atoms with E-state index in [1.165, 1.54) is 0 Å². The summed E-state index contributed by atoms with van der Waals surface area (Å²) in [5.74, 6) is 1.34. The van der Waals surface area contributed by atoms with Gasteiger partial charge in [0.15, 0.2) is 0 Å². The highest BCUT2D eigenvalue weighted by Crippen LogP contribution is 2.17. The fraction of sp³-hybridized carbons (Fsp3) is 0.133. The number of aromatic nitrogens is 2. The normalized spacial score (nSPS) is 11.2. The number of para-hydroxylation sites is 2. The van der Waals surface area contributed by atoms with Crippen molar-refractivity contribution in [3.05, 3.63) is 54.1 Å². The molecular formula is C15H14N4O. The minimum absolute atomic E-state index is 0.494. The molecule has 2 aromatic carbocycles. The van der Waals surface area contributed by atoms with E-state index in [2.05, 4.69) is 20.2 Å². The summed E-state index contributed by atoms with van der Waals surface area (Å²) in [5, 5.41) is 8.27.